The number of nitrogens with zero attached hydrogens (tertiary/aromatic N) is 4. The lowest BCUT2D eigenvalue weighted by Gasteiger charge is -2.25. The van der Waals surface area contributed by atoms with Crippen LogP contribution in [0.5, 0.6) is 0 Å². The maximum Gasteiger partial charge on any atom is 0.255 e. The van der Waals surface area contributed by atoms with Gasteiger partial charge in [-0.2, -0.15) is 0 Å². The van der Waals surface area contributed by atoms with Crippen molar-refractivity contribution in [1.82, 2.24) is 19.7 Å². The van der Waals surface area contributed by atoms with E-state index in [1.165, 1.54) is 11.8 Å². The largest absolute Gasteiger partial charge is 0.328 e. The summed E-state index contributed by atoms with van der Waals surface area (Å²) in [6.45, 7) is 5.29. The number of hydrogen-bond acceptors (Lipinski definition) is 5. The molecule has 1 atom stereocenters. The van der Waals surface area contributed by atoms with Crippen molar-refractivity contribution >= 4 is 40.9 Å². The Hall–Kier alpha value is -2.84. The fourth-order valence-electron chi connectivity index (χ4n) is 4.07. The molecule has 7 nitrogen and oxygen atoms in total. The molecule has 1 aromatic heterocycles. The van der Waals surface area contributed by atoms with Crippen LogP contribution in [0, 0.1) is 6.92 Å². The average molecular weight is 484 g/mol. The minimum Gasteiger partial charge on any atom is -0.328 e. The molecule has 1 N–H and O–H groups in total. The molecule has 0 spiro atoms. The molecule has 1 aliphatic rings. The van der Waals surface area contributed by atoms with Gasteiger partial charge in [0, 0.05) is 18.8 Å². The van der Waals surface area contributed by atoms with Crippen LogP contribution in [0.15, 0.2) is 53.7 Å². The first-order chi connectivity index (χ1) is 16.0. The summed E-state index contributed by atoms with van der Waals surface area (Å²) in [5.41, 5.74) is 2.36. The van der Waals surface area contributed by atoms with Crippen molar-refractivity contribution < 1.29 is 9.59 Å². The summed E-state index contributed by atoms with van der Waals surface area (Å²) in [6.07, 6.45) is 1.70. The molecule has 0 radical (unpaired) electrons. The number of hydrogen-bond donors (Lipinski definition) is 1. The van der Waals surface area contributed by atoms with Gasteiger partial charge in [-0.15, -0.1) is 10.2 Å². The smallest absolute Gasteiger partial charge is 0.255 e. The highest BCUT2D eigenvalue weighted by molar-refractivity contribution is 7.99. The molecule has 3 aromatic rings. The number of benzene rings is 2. The average Bonchev–Trinajstić information content (AvgIpc) is 3.44. The zero-order valence-corrected chi connectivity index (χ0v) is 20.2. The van der Waals surface area contributed by atoms with Crippen molar-refractivity contribution in [1.29, 1.82) is 0 Å². The predicted octanol–water partition coefficient (Wildman–Crippen LogP) is 4.97. The second-order valence-corrected chi connectivity index (χ2v) is 9.28. The van der Waals surface area contributed by atoms with E-state index in [-0.39, 0.29) is 23.6 Å². The molecule has 0 aliphatic carbocycles. The molecule has 9 heteroatoms. The lowest BCUT2D eigenvalue weighted by Crippen LogP contribution is -2.32. The van der Waals surface area contributed by atoms with Gasteiger partial charge >= 0.3 is 0 Å². The van der Waals surface area contributed by atoms with Crippen LogP contribution in [-0.2, 0) is 11.3 Å². The van der Waals surface area contributed by atoms with Crippen LogP contribution in [-0.4, -0.2) is 43.8 Å². The second kappa shape index (κ2) is 10.4. The summed E-state index contributed by atoms with van der Waals surface area (Å²) in [6, 6.07) is 14.6. The van der Waals surface area contributed by atoms with E-state index >= 15 is 0 Å². The summed E-state index contributed by atoms with van der Waals surface area (Å²) >= 11 is 7.61. The predicted molar refractivity (Wildman–Crippen MR) is 131 cm³/mol. The fourth-order valence-corrected chi connectivity index (χ4v) is 5.09. The zero-order chi connectivity index (χ0) is 23.4. The number of likely N-dealkylation sites (tertiary alicyclic amines) is 1. The standard InChI is InChI=1S/C24H26ClN5O2S/c1-3-29-22(20-12-7-13-30(20)23(32)18-10-4-5-11-19(18)25)27-28-24(29)33-15-21(31)26-17-9-6-8-16(2)14-17/h4-6,8-11,14,20H,3,7,12-13,15H2,1-2H3,(H,26,31). The molecule has 2 amide bonds. The van der Waals surface area contributed by atoms with Crippen LogP contribution in [0.2, 0.25) is 5.02 Å². The van der Waals surface area contributed by atoms with E-state index in [4.69, 9.17) is 11.6 Å². The Morgan fingerprint density at radius 2 is 2.00 bits per heavy atom. The van der Waals surface area contributed by atoms with Crippen LogP contribution < -0.4 is 5.32 Å². The van der Waals surface area contributed by atoms with Gasteiger partial charge in [-0.25, -0.2) is 0 Å². The Bertz CT molecular complexity index is 1170. The van der Waals surface area contributed by atoms with Crippen LogP contribution in [0.25, 0.3) is 0 Å². The first kappa shape index (κ1) is 23.3. The van der Waals surface area contributed by atoms with E-state index in [1.54, 1.807) is 12.1 Å². The topological polar surface area (TPSA) is 80.1 Å². The van der Waals surface area contributed by atoms with E-state index in [0.29, 0.717) is 28.8 Å². The Labute approximate surface area is 202 Å². The minimum absolute atomic E-state index is 0.0968. The molecular weight excluding hydrogens is 458 g/mol. The highest BCUT2D eigenvalue weighted by Crippen LogP contribution is 2.34. The molecule has 1 unspecified atom stereocenters. The molecule has 33 heavy (non-hydrogen) atoms. The zero-order valence-electron chi connectivity index (χ0n) is 18.6. The van der Waals surface area contributed by atoms with Gasteiger partial charge < -0.3 is 14.8 Å². The number of carbonyl (C=O) groups excluding carboxylic acids is 2. The van der Waals surface area contributed by atoms with Gasteiger partial charge in [0.1, 0.15) is 0 Å². The molecule has 0 saturated carbocycles. The summed E-state index contributed by atoms with van der Waals surface area (Å²) < 4.78 is 1.99. The van der Waals surface area contributed by atoms with Crippen LogP contribution in [0.3, 0.4) is 0 Å². The summed E-state index contributed by atoms with van der Waals surface area (Å²) in [7, 11) is 0. The molecule has 2 aromatic carbocycles. The molecule has 1 saturated heterocycles. The van der Waals surface area contributed by atoms with Crippen LogP contribution in [0.1, 0.15) is 47.6 Å². The number of aromatic nitrogens is 3. The first-order valence-electron chi connectivity index (χ1n) is 11.0. The second-order valence-electron chi connectivity index (χ2n) is 7.93. The Kier molecular flexibility index (Phi) is 7.35. The first-order valence-corrected chi connectivity index (χ1v) is 12.3. The van der Waals surface area contributed by atoms with Crippen molar-refractivity contribution in [3.8, 4) is 0 Å². The van der Waals surface area contributed by atoms with E-state index in [1.807, 2.05) is 59.7 Å². The van der Waals surface area contributed by atoms with E-state index in [2.05, 4.69) is 15.5 Å². The molecule has 1 fully saturated rings. The van der Waals surface area contributed by atoms with Gasteiger partial charge in [-0.05, 0) is 56.5 Å². The third kappa shape index (κ3) is 5.23. The highest BCUT2D eigenvalue weighted by Gasteiger charge is 2.35. The van der Waals surface area contributed by atoms with Crippen molar-refractivity contribution in [3.05, 3.63) is 70.5 Å². The molecule has 0 bridgehead atoms. The molecule has 172 valence electrons. The number of thioether (sulfide) groups is 1. The molecule has 1 aliphatic heterocycles. The maximum absolute atomic E-state index is 13.2. The van der Waals surface area contributed by atoms with Crippen molar-refractivity contribution in [2.24, 2.45) is 0 Å². The summed E-state index contributed by atoms with van der Waals surface area (Å²) in [5.74, 6) is 0.769. The van der Waals surface area contributed by atoms with Crippen LogP contribution in [0.4, 0.5) is 5.69 Å². The normalized spacial score (nSPS) is 15.6. The number of amides is 2. The Morgan fingerprint density at radius 3 is 2.76 bits per heavy atom. The molecule has 2 heterocycles. The quantitative estimate of drug-likeness (QED) is 0.480. The third-order valence-corrected chi connectivity index (χ3v) is 6.91. The van der Waals surface area contributed by atoms with E-state index in [9.17, 15) is 9.59 Å². The fraction of sp³-hybridized carbons (Fsp3) is 0.333. The number of aryl methyl sites for hydroxylation is 1. The minimum atomic E-state index is -0.170. The van der Waals surface area contributed by atoms with E-state index < -0.39 is 0 Å². The van der Waals surface area contributed by atoms with Crippen molar-refractivity contribution in [3.63, 3.8) is 0 Å². The SMILES string of the molecule is CCn1c(SCC(=O)Nc2cccc(C)c2)nnc1C1CCCN1C(=O)c1ccccc1Cl. The number of rotatable bonds is 7. The molecular formula is C24H26ClN5O2S. The summed E-state index contributed by atoms with van der Waals surface area (Å²) in [5, 5.41) is 12.8. The van der Waals surface area contributed by atoms with Gasteiger partial charge in [0.2, 0.25) is 5.91 Å². The number of halogens is 1. The number of anilines is 1. The van der Waals surface area contributed by atoms with Crippen molar-refractivity contribution in [2.45, 2.75) is 44.4 Å². The maximum atomic E-state index is 13.2. The monoisotopic (exact) mass is 483 g/mol. The van der Waals surface area contributed by atoms with Crippen molar-refractivity contribution in [2.75, 3.05) is 17.6 Å². The van der Waals surface area contributed by atoms with Gasteiger partial charge in [-0.3, -0.25) is 9.59 Å². The van der Waals surface area contributed by atoms with Crippen LogP contribution >= 0.6 is 23.4 Å². The Morgan fingerprint density at radius 1 is 1.18 bits per heavy atom. The summed E-state index contributed by atoms with van der Waals surface area (Å²) in [4.78, 5) is 27.5. The lowest BCUT2D eigenvalue weighted by atomic mass is 10.1. The number of carbonyl (C=O) groups is 2. The van der Waals surface area contributed by atoms with E-state index in [0.717, 1.165) is 29.9 Å². The van der Waals surface area contributed by atoms with Gasteiger partial charge in [0.25, 0.3) is 5.91 Å². The third-order valence-electron chi connectivity index (χ3n) is 5.61. The Balaban J connectivity index is 1.47. The number of nitrogens with one attached hydrogen (secondary N) is 1. The van der Waals surface area contributed by atoms with Gasteiger partial charge in [0.15, 0.2) is 11.0 Å². The van der Waals surface area contributed by atoms with Gasteiger partial charge in [-0.1, -0.05) is 47.6 Å². The molecule has 4 rings (SSSR count). The van der Waals surface area contributed by atoms with Gasteiger partial charge in [0.05, 0.1) is 22.4 Å². The highest BCUT2D eigenvalue weighted by atomic mass is 35.5. The lowest BCUT2D eigenvalue weighted by molar-refractivity contribution is -0.113.